The highest BCUT2D eigenvalue weighted by molar-refractivity contribution is 5.92. The van der Waals surface area contributed by atoms with E-state index in [1.165, 1.54) is 26.0 Å². The van der Waals surface area contributed by atoms with Gasteiger partial charge >= 0.3 is 5.76 Å². The fourth-order valence-electron chi connectivity index (χ4n) is 5.14. The third kappa shape index (κ3) is 4.07. The van der Waals surface area contributed by atoms with Crippen molar-refractivity contribution in [3.8, 4) is 28.0 Å². The van der Waals surface area contributed by atoms with Gasteiger partial charge in [0.2, 0.25) is 0 Å². The summed E-state index contributed by atoms with van der Waals surface area (Å²) in [4.78, 5) is 19.5. The number of hydrogen-bond donors (Lipinski definition) is 0. The number of aromatic nitrogens is 5. The van der Waals surface area contributed by atoms with Crippen molar-refractivity contribution in [2.75, 3.05) is 26.7 Å². The van der Waals surface area contributed by atoms with Crippen molar-refractivity contribution in [2.45, 2.75) is 32.9 Å². The van der Waals surface area contributed by atoms with Crippen molar-refractivity contribution in [1.82, 2.24) is 29.2 Å². The minimum atomic E-state index is -0.431. The maximum atomic E-state index is 15.2. The van der Waals surface area contributed by atoms with Crippen LogP contribution in [0.15, 0.2) is 52.1 Å². The maximum Gasteiger partial charge on any atom is 0.419 e. The average molecular weight is 503 g/mol. The van der Waals surface area contributed by atoms with Gasteiger partial charge in [0.25, 0.3) is 0 Å². The summed E-state index contributed by atoms with van der Waals surface area (Å²) in [6.45, 7) is 6.11. The molecule has 0 N–H and O–H groups in total. The van der Waals surface area contributed by atoms with Crippen LogP contribution in [0, 0.1) is 5.82 Å². The Morgan fingerprint density at radius 2 is 1.92 bits per heavy atom. The van der Waals surface area contributed by atoms with E-state index in [0.717, 1.165) is 30.8 Å². The second kappa shape index (κ2) is 9.44. The molecule has 0 aliphatic carbocycles. The summed E-state index contributed by atoms with van der Waals surface area (Å²) < 4.78 is 30.0. The lowest BCUT2D eigenvalue weighted by molar-refractivity contribution is 0.318. The predicted octanol–water partition coefficient (Wildman–Crippen LogP) is 4.33. The highest BCUT2D eigenvalue weighted by Crippen LogP contribution is 2.38. The van der Waals surface area contributed by atoms with Gasteiger partial charge in [0, 0.05) is 42.4 Å². The largest absolute Gasteiger partial charge is 0.496 e. The zero-order chi connectivity index (χ0) is 25.5. The number of ether oxygens (including phenoxy) is 1. The van der Waals surface area contributed by atoms with E-state index in [2.05, 4.69) is 20.1 Å². The smallest absolute Gasteiger partial charge is 0.419 e. The summed E-state index contributed by atoms with van der Waals surface area (Å²) >= 11 is 0. The van der Waals surface area contributed by atoms with E-state index >= 15 is 4.39 Å². The van der Waals surface area contributed by atoms with Crippen LogP contribution in [0.5, 0.6) is 5.75 Å². The van der Waals surface area contributed by atoms with Crippen molar-refractivity contribution in [1.29, 1.82) is 0 Å². The molecule has 1 aliphatic heterocycles. The Bertz CT molecular complexity index is 1660. The first-order chi connectivity index (χ1) is 18.1. The van der Waals surface area contributed by atoms with Gasteiger partial charge < -0.3 is 18.6 Å². The maximum absolute atomic E-state index is 15.2. The molecule has 5 aromatic rings. The molecule has 1 saturated heterocycles. The first kappa shape index (κ1) is 23.4. The van der Waals surface area contributed by atoms with Crippen LogP contribution in [-0.2, 0) is 13.1 Å². The molecule has 0 spiro atoms. The minimum Gasteiger partial charge on any atom is -0.496 e. The number of nitrogens with zero attached hydrogens (tertiary/aromatic N) is 6. The lowest BCUT2D eigenvalue weighted by atomic mass is 9.98. The lowest BCUT2D eigenvalue weighted by Crippen LogP contribution is -2.27. The van der Waals surface area contributed by atoms with E-state index in [1.54, 1.807) is 41.4 Å². The molecule has 190 valence electrons. The highest BCUT2D eigenvalue weighted by Gasteiger charge is 2.20. The SMILES string of the molecule is CCn1cnc2c(-c3ccc(F)c(-c4cc5oc(=O)n(CCN6CCCC6)c5cc4OC)c3)cnnc21. The van der Waals surface area contributed by atoms with Crippen molar-refractivity contribution in [3.05, 3.63) is 59.2 Å². The molecule has 0 amide bonds. The molecular formula is C27H27FN6O3. The molecule has 9 nitrogen and oxygen atoms in total. The Hall–Kier alpha value is -4.05. The molecule has 37 heavy (non-hydrogen) atoms. The molecule has 0 radical (unpaired) electrons. The van der Waals surface area contributed by atoms with E-state index < -0.39 is 11.6 Å². The topological polar surface area (TPSA) is 91.2 Å². The summed E-state index contributed by atoms with van der Waals surface area (Å²) in [5.74, 6) is -0.401. The molecule has 2 aromatic carbocycles. The third-order valence-corrected chi connectivity index (χ3v) is 7.14. The first-order valence-corrected chi connectivity index (χ1v) is 12.5. The predicted molar refractivity (Wildman–Crippen MR) is 138 cm³/mol. The Morgan fingerprint density at radius 3 is 2.70 bits per heavy atom. The molecule has 6 rings (SSSR count). The van der Waals surface area contributed by atoms with Crippen LogP contribution < -0.4 is 10.5 Å². The monoisotopic (exact) mass is 502 g/mol. The standard InChI is InChI=1S/C27H27FN6O3/c1-3-33-16-29-25-20(15-30-31-26(25)33)17-6-7-21(28)18(12-17)19-13-24-22(14-23(19)36-2)34(27(35)37-24)11-10-32-8-4-5-9-32/h6-7,12-16H,3-5,8-11H2,1-2H3. The second-order valence-corrected chi connectivity index (χ2v) is 9.24. The molecule has 0 saturated carbocycles. The Balaban J connectivity index is 1.44. The molecule has 0 unspecified atom stereocenters. The van der Waals surface area contributed by atoms with E-state index in [9.17, 15) is 4.79 Å². The molecule has 1 fully saturated rings. The summed E-state index contributed by atoms with van der Waals surface area (Å²) in [7, 11) is 1.53. The number of oxazole rings is 1. The van der Waals surface area contributed by atoms with Crippen LogP contribution in [0.2, 0.25) is 0 Å². The number of rotatable bonds is 7. The average Bonchev–Trinajstić information content (AvgIpc) is 3.65. The van der Waals surface area contributed by atoms with Gasteiger partial charge in [0.1, 0.15) is 17.1 Å². The van der Waals surface area contributed by atoms with Crippen molar-refractivity contribution < 1.29 is 13.5 Å². The molecule has 0 bridgehead atoms. The van der Waals surface area contributed by atoms with Crippen molar-refractivity contribution in [2.24, 2.45) is 0 Å². The number of halogens is 1. The highest BCUT2D eigenvalue weighted by atomic mass is 19.1. The van der Waals surface area contributed by atoms with Gasteiger partial charge in [0.15, 0.2) is 11.2 Å². The number of likely N-dealkylation sites (tertiary alicyclic amines) is 1. The van der Waals surface area contributed by atoms with Crippen LogP contribution in [0.25, 0.3) is 44.5 Å². The normalized spacial score (nSPS) is 14.2. The number of methoxy groups -OCH3 is 1. The van der Waals surface area contributed by atoms with Crippen LogP contribution in [0.4, 0.5) is 4.39 Å². The van der Waals surface area contributed by atoms with Gasteiger partial charge in [0.05, 0.1) is 25.2 Å². The number of benzene rings is 2. The molecule has 1 aliphatic rings. The quantitative estimate of drug-likeness (QED) is 0.327. The third-order valence-electron chi connectivity index (χ3n) is 7.14. The van der Waals surface area contributed by atoms with E-state index in [4.69, 9.17) is 9.15 Å². The summed E-state index contributed by atoms with van der Waals surface area (Å²) in [5, 5.41) is 8.36. The molecule has 3 aromatic heterocycles. The fourth-order valence-corrected chi connectivity index (χ4v) is 5.14. The number of fused-ring (bicyclic) bond motifs is 2. The fraction of sp³-hybridized carbons (Fsp3) is 0.333. The van der Waals surface area contributed by atoms with Gasteiger partial charge in [-0.05, 0) is 56.6 Å². The van der Waals surface area contributed by atoms with Crippen LogP contribution >= 0.6 is 0 Å². The van der Waals surface area contributed by atoms with Crippen molar-refractivity contribution in [3.63, 3.8) is 0 Å². The zero-order valence-corrected chi connectivity index (χ0v) is 20.8. The Morgan fingerprint density at radius 1 is 1.08 bits per heavy atom. The second-order valence-electron chi connectivity index (χ2n) is 9.24. The van der Waals surface area contributed by atoms with Gasteiger partial charge in [-0.15, -0.1) is 5.10 Å². The Labute approximate surface area is 212 Å². The van der Waals surface area contributed by atoms with E-state index in [0.29, 0.717) is 52.2 Å². The Kier molecular flexibility index (Phi) is 5.96. The van der Waals surface area contributed by atoms with Crippen molar-refractivity contribution >= 4 is 22.3 Å². The summed E-state index contributed by atoms with van der Waals surface area (Å²) in [6.07, 6.45) is 5.72. The lowest BCUT2D eigenvalue weighted by Gasteiger charge is -2.15. The van der Waals surface area contributed by atoms with Gasteiger partial charge in [-0.2, -0.15) is 5.10 Å². The number of aryl methyl sites for hydroxylation is 1. The molecule has 10 heteroatoms. The summed E-state index contributed by atoms with van der Waals surface area (Å²) in [5.41, 5.74) is 4.69. The first-order valence-electron chi connectivity index (χ1n) is 12.5. The zero-order valence-electron chi connectivity index (χ0n) is 20.8. The van der Waals surface area contributed by atoms with Crippen LogP contribution in [0.3, 0.4) is 0 Å². The van der Waals surface area contributed by atoms with E-state index in [1.807, 2.05) is 11.5 Å². The number of imidazole rings is 1. The van der Waals surface area contributed by atoms with Crippen LogP contribution in [0.1, 0.15) is 19.8 Å². The van der Waals surface area contributed by atoms with E-state index in [-0.39, 0.29) is 0 Å². The number of hydrogen-bond acceptors (Lipinski definition) is 7. The van der Waals surface area contributed by atoms with Gasteiger partial charge in [-0.3, -0.25) is 4.57 Å². The molecule has 4 heterocycles. The molecular weight excluding hydrogens is 475 g/mol. The summed E-state index contributed by atoms with van der Waals surface area (Å²) in [6, 6.07) is 8.27. The van der Waals surface area contributed by atoms with Crippen LogP contribution in [-0.4, -0.2) is 56.0 Å². The van der Waals surface area contributed by atoms with Gasteiger partial charge in [-0.1, -0.05) is 6.07 Å². The van der Waals surface area contributed by atoms with Gasteiger partial charge in [-0.25, -0.2) is 14.2 Å². The molecule has 0 atom stereocenters. The minimum absolute atomic E-state index is 0.323.